The molecule has 0 spiro atoms. The van der Waals surface area contributed by atoms with Crippen molar-refractivity contribution >= 4 is 35.4 Å². The summed E-state index contributed by atoms with van der Waals surface area (Å²) in [7, 11) is 0. The van der Waals surface area contributed by atoms with E-state index in [2.05, 4.69) is 20.7 Å². The average molecular weight is 304 g/mol. The van der Waals surface area contributed by atoms with Crippen molar-refractivity contribution < 1.29 is 4.92 Å². The van der Waals surface area contributed by atoms with E-state index in [1.807, 2.05) is 0 Å². The van der Waals surface area contributed by atoms with Crippen LogP contribution in [0.2, 0.25) is 5.15 Å². The Labute approximate surface area is 125 Å². The van der Waals surface area contributed by atoms with Crippen molar-refractivity contribution in [3.8, 4) is 0 Å². The highest BCUT2D eigenvalue weighted by Gasteiger charge is 2.08. The van der Waals surface area contributed by atoms with Crippen LogP contribution >= 0.6 is 11.6 Å². The van der Waals surface area contributed by atoms with Crippen LogP contribution in [0.5, 0.6) is 0 Å². The number of nitrogens with zero attached hydrogens (tertiary/aromatic N) is 4. The first kappa shape index (κ1) is 14.6. The molecular formula is C13H10ClN5O2. The van der Waals surface area contributed by atoms with E-state index in [1.54, 1.807) is 42.5 Å². The number of benzene rings is 1. The molecule has 2 rings (SSSR count). The Morgan fingerprint density at radius 2 is 2.05 bits per heavy atom. The van der Waals surface area contributed by atoms with Crippen LogP contribution in [0.15, 0.2) is 47.6 Å². The third kappa shape index (κ3) is 4.36. The first-order chi connectivity index (χ1) is 10.2. The Morgan fingerprint density at radius 3 is 2.76 bits per heavy atom. The quantitative estimate of drug-likeness (QED) is 0.520. The van der Waals surface area contributed by atoms with Crippen LogP contribution in [0.1, 0.15) is 5.56 Å². The monoisotopic (exact) mass is 303 g/mol. The lowest BCUT2D eigenvalue weighted by Gasteiger charge is -1.96. The van der Waals surface area contributed by atoms with Crippen molar-refractivity contribution in [3.05, 3.63) is 63.3 Å². The molecule has 1 aromatic carbocycles. The summed E-state index contributed by atoms with van der Waals surface area (Å²) < 4.78 is 0. The van der Waals surface area contributed by atoms with Crippen molar-refractivity contribution in [3.63, 3.8) is 0 Å². The molecule has 0 fully saturated rings. The molecule has 0 saturated carbocycles. The second-order valence-electron chi connectivity index (χ2n) is 3.81. The molecule has 1 aromatic heterocycles. The molecule has 1 N–H and O–H groups in total. The lowest BCUT2D eigenvalue weighted by Crippen LogP contribution is -1.93. The number of halogens is 1. The first-order valence-corrected chi connectivity index (χ1v) is 6.23. The summed E-state index contributed by atoms with van der Waals surface area (Å²) in [5.41, 5.74) is 3.19. The van der Waals surface area contributed by atoms with E-state index >= 15 is 0 Å². The summed E-state index contributed by atoms with van der Waals surface area (Å²) in [6.45, 7) is 0. The number of nitro groups is 1. The molecule has 0 aliphatic carbocycles. The number of para-hydroxylation sites is 1. The molecule has 0 radical (unpaired) electrons. The first-order valence-electron chi connectivity index (χ1n) is 5.85. The van der Waals surface area contributed by atoms with Gasteiger partial charge in [-0.1, -0.05) is 23.7 Å². The molecule has 0 atom stereocenters. The smallest absolute Gasteiger partial charge is 0.260 e. The number of anilines is 1. The highest BCUT2D eigenvalue weighted by Crippen LogP contribution is 2.18. The maximum absolute atomic E-state index is 10.8. The molecule has 0 amide bonds. The van der Waals surface area contributed by atoms with Crippen molar-refractivity contribution in [1.82, 2.24) is 10.2 Å². The molecule has 0 bridgehead atoms. The normalized spacial score (nSPS) is 11.1. The Morgan fingerprint density at radius 1 is 1.24 bits per heavy atom. The SMILES string of the molecule is O=[N+]([O-])c1ccccc1C=CC=NNc1ccc(Cl)nn1. The molecular weight excluding hydrogens is 294 g/mol. The number of allylic oxidation sites excluding steroid dienone is 1. The Kier molecular flexibility index (Phi) is 4.94. The highest BCUT2D eigenvalue weighted by atomic mass is 35.5. The zero-order valence-electron chi connectivity index (χ0n) is 10.7. The maximum Gasteiger partial charge on any atom is 0.276 e. The van der Waals surface area contributed by atoms with Gasteiger partial charge < -0.3 is 0 Å². The number of aromatic nitrogens is 2. The lowest BCUT2D eigenvalue weighted by atomic mass is 10.2. The van der Waals surface area contributed by atoms with E-state index in [-0.39, 0.29) is 5.69 Å². The van der Waals surface area contributed by atoms with E-state index in [4.69, 9.17) is 11.6 Å². The fourth-order valence-electron chi connectivity index (χ4n) is 1.46. The van der Waals surface area contributed by atoms with Gasteiger partial charge in [0.1, 0.15) is 0 Å². The van der Waals surface area contributed by atoms with Gasteiger partial charge in [-0.15, -0.1) is 10.2 Å². The van der Waals surface area contributed by atoms with Gasteiger partial charge >= 0.3 is 0 Å². The minimum absolute atomic E-state index is 0.0404. The number of hydrogen-bond donors (Lipinski definition) is 1. The standard InChI is InChI=1S/C13H10ClN5O2/c14-12-7-8-13(18-16-12)17-15-9-3-5-10-4-1-2-6-11(10)19(20)21/h1-9H,(H,17,18). The molecule has 0 saturated heterocycles. The van der Waals surface area contributed by atoms with Crippen molar-refractivity contribution in [2.75, 3.05) is 5.43 Å². The third-order valence-corrected chi connectivity index (χ3v) is 2.58. The average Bonchev–Trinajstić information content (AvgIpc) is 2.49. The van der Waals surface area contributed by atoms with E-state index in [1.165, 1.54) is 12.3 Å². The fraction of sp³-hybridized carbons (Fsp3) is 0. The van der Waals surface area contributed by atoms with E-state index in [9.17, 15) is 10.1 Å². The van der Waals surface area contributed by atoms with Gasteiger partial charge in [0, 0.05) is 12.3 Å². The summed E-state index contributed by atoms with van der Waals surface area (Å²) in [6, 6.07) is 9.64. The van der Waals surface area contributed by atoms with Crippen LogP contribution in [0.4, 0.5) is 11.5 Å². The van der Waals surface area contributed by atoms with Crippen LogP contribution in [0.25, 0.3) is 6.08 Å². The lowest BCUT2D eigenvalue weighted by molar-refractivity contribution is -0.385. The van der Waals surface area contributed by atoms with Gasteiger partial charge in [-0.2, -0.15) is 5.10 Å². The summed E-state index contributed by atoms with van der Waals surface area (Å²) in [4.78, 5) is 10.4. The molecule has 0 unspecified atom stereocenters. The Hall–Kier alpha value is -2.80. The predicted molar refractivity (Wildman–Crippen MR) is 81.3 cm³/mol. The van der Waals surface area contributed by atoms with Gasteiger partial charge in [0.2, 0.25) is 0 Å². The predicted octanol–water partition coefficient (Wildman–Crippen LogP) is 3.15. The Balaban J connectivity index is 1.98. The molecule has 7 nitrogen and oxygen atoms in total. The zero-order chi connectivity index (χ0) is 15.1. The molecule has 106 valence electrons. The number of nitrogens with one attached hydrogen (secondary N) is 1. The molecule has 8 heteroatoms. The van der Waals surface area contributed by atoms with Crippen LogP contribution in [-0.4, -0.2) is 21.3 Å². The van der Waals surface area contributed by atoms with E-state index in [0.717, 1.165) is 0 Å². The summed E-state index contributed by atoms with van der Waals surface area (Å²) >= 11 is 5.60. The molecule has 21 heavy (non-hydrogen) atoms. The summed E-state index contributed by atoms with van der Waals surface area (Å²) in [5, 5.41) is 22.4. The second-order valence-corrected chi connectivity index (χ2v) is 4.19. The number of nitro benzene ring substituents is 1. The van der Waals surface area contributed by atoms with E-state index < -0.39 is 4.92 Å². The fourth-order valence-corrected chi connectivity index (χ4v) is 1.56. The van der Waals surface area contributed by atoms with Gasteiger partial charge in [0.25, 0.3) is 5.69 Å². The van der Waals surface area contributed by atoms with Crippen LogP contribution in [0.3, 0.4) is 0 Å². The summed E-state index contributed by atoms with van der Waals surface area (Å²) in [6.07, 6.45) is 4.63. The Bertz CT molecular complexity index is 685. The van der Waals surface area contributed by atoms with E-state index in [0.29, 0.717) is 16.5 Å². The van der Waals surface area contributed by atoms with Crippen molar-refractivity contribution in [1.29, 1.82) is 0 Å². The summed E-state index contributed by atoms with van der Waals surface area (Å²) in [5.74, 6) is 0.440. The largest absolute Gasteiger partial charge is 0.276 e. The maximum atomic E-state index is 10.8. The molecule has 0 aliphatic rings. The van der Waals surface area contributed by atoms with Crippen molar-refractivity contribution in [2.24, 2.45) is 5.10 Å². The van der Waals surface area contributed by atoms with Crippen molar-refractivity contribution in [2.45, 2.75) is 0 Å². The van der Waals surface area contributed by atoms with Gasteiger partial charge in [0.15, 0.2) is 11.0 Å². The van der Waals surface area contributed by atoms with Crippen LogP contribution in [-0.2, 0) is 0 Å². The number of hydrogen-bond acceptors (Lipinski definition) is 6. The highest BCUT2D eigenvalue weighted by molar-refractivity contribution is 6.29. The van der Waals surface area contributed by atoms with Gasteiger partial charge in [-0.05, 0) is 30.4 Å². The minimum Gasteiger partial charge on any atom is -0.260 e. The van der Waals surface area contributed by atoms with Crippen LogP contribution < -0.4 is 5.43 Å². The molecule has 0 aliphatic heterocycles. The number of hydrazone groups is 1. The van der Waals surface area contributed by atoms with Gasteiger partial charge in [0.05, 0.1) is 10.5 Å². The third-order valence-electron chi connectivity index (χ3n) is 2.38. The van der Waals surface area contributed by atoms with Gasteiger partial charge in [-0.3, -0.25) is 15.5 Å². The minimum atomic E-state index is -0.432. The molecule has 2 aromatic rings. The molecule has 1 heterocycles. The van der Waals surface area contributed by atoms with Gasteiger partial charge in [-0.25, -0.2) is 0 Å². The zero-order valence-corrected chi connectivity index (χ0v) is 11.4. The topological polar surface area (TPSA) is 93.3 Å². The van der Waals surface area contributed by atoms with Crippen LogP contribution in [0, 0.1) is 10.1 Å². The number of rotatable bonds is 5. The second kappa shape index (κ2) is 7.11.